The molecule has 0 saturated carbocycles. The maximum Gasteiger partial charge on any atom is 0.573 e. The molecule has 2 rings (SSSR count). The van der Waals surface area contributed by atoms with Gasteiger partial charge in [-0.05, 0) is 74.4 Å². The maximum absolute atomic E-state index is 12.6. The minimum atomic E-state index is -4.79. The Balaban J connectivity index is 1.91. The quantitative estimate of drug-likeness (QED) is 0.409. The van der Waals surface area contributed by atoms with E-state index in [-0.39, 0.29) is 11.5 Å². The summed E-state index contributed by atoms with van der Waals surface area (Å²) in [5, 5.41) is 0. The first kappa shape index (κ1) is 25.3. The zero-order chi connectivity index (χ0) is 23.0. The van der Waals surface area contributed by atoms with Gasteiger partial charge in [-0.15, -0.1) is 13.2 Å². The lowest BCUT2D eigenvalue weighted by Gasteiger charge is -2.21. The number of hydrogen-bond donors (Lipinski definition) is 0. The lowest BCUT2D eigenvalue weighted by Crippen LogP contribution is -2.23. The van der Waals surface area contributed by atoms with Crippen LogP contribution in [0.15, 0.2) is 46.2 Å². The molecule has 0 aliphatic rings. The standard InChI is InChI=1S/C20H25F3N2O4S2/c1-24(30-14-6-8-16(26-3)18(12-14)28-5)10-11-25(2)31-15-7-9-17(27-4)19(13-15)29-20(21,22)23/h6-9,12-13H,10-11H2,1-5H3. The molecule has 11 heteroatoms. The van der Waals surface area contributed by atoms with Gasteiger partial charge in [0.05, 0.1) is 21.3 Å². The number of nitrogens with zero attached hydrogens (tertiary/aromatic N) is 2. The Labute approximate surface area is 188 Å². The topological polar surface area (TPSA) is 43.4 Å². The molecule has 2 aromatic rings. The van der Waals surface area contributed by atoms with Gasteiger partial charge in [-0.3, -0.25) is 0 Å². The molecule has 0 aliphatic carbocycles. The minimum absolute atomic E-state index is 0.0235. The van der Waals surface area contributed by atoms with E-state index in [1.807, 2.05) is 36.6 Å². The Bertz CT molecular complexity index is 856. The van der Waals surface area contributed by atoms with Gasteiger partial charge in [0.25, 0.3) is 0 Å². The monoisotopic (exact) mass is 478 g/mol. The number of alkyl halides is 3. The van der Waals surface area contributed by atoms with Crippen LogP contribution in [-0.4, -0.2) is 63.5 Å². The summed E-state index contributed by atoms with van der Waals surface area (Å²) in [7, 11) is 8.30. The van der Waals surface area contributed by atoms with E-state index in [0.717, 1.165) is 4.90 Å². The molecular weight excluding hydrogens is 453 g/mol. The second-order valence-electron chi connectivity index (χ2n) is 6.26. The molecule has 0 heterocycles. The molecule has 0 aromatic heterocycles. The highest BCUT2D eigenvalue weighted by Gasteiger charge is 2.32. The Morgan fingerprint density at radius 1 is 0.710 bits per heavy atom. The average Bonchev–Trinajstić information content (AvgIpc) is 2.71. The predicted octanol–water partition coefficient (Wildman–Crippen LogP) is 5.19. The summed E-state index contributed by atoms with van der Waals surface area (Å²) in [4.78, 5) is 1.61. The van der Waals surface area contributed by atoms with E-state index in [1.54, 1.807) is 32.2 Å². The molecule has 0 radical (unpaired) electrons. The van der Waals surface area contributed by atoms with E-state index in [1.165, 1.54) is 31.2 Å². The first-order chi connectivity index (χ1) is 14.6. The number of ether oxygens (including phenoxy) is 4. The van der Waals surface area contributed by atoms with E-state index in [2.05, 4.69) is 9.04 Å². The van der Waals surface area contributed by atoms with Crippen LogP contribution in [0.2, 0.25) is 0 Å². The van der Waals surface area contributed by atoms with E-state index >= 15 is 0 Å². The normalized spacial score (nSPS) is 11.7. The van der Waals surface area contributed by atoms with Crippen molar-refractivity contribution in [3.63, 3.8) is 0 Å². The lowest BCUT2D eigenvalue weighted by atomic mass is 10.3. The average molecular weight is 479 g/mol. The molecule has 0 saturated heterocycles. The van der Waals surface area contributed by atoms with Crippen molar-refractivity contribution in [2.45, 2.75) is 16.2 Å². The van der Waals surface area contributed by atoms with Crippen LogP contribution in [0.5, 0.6) is 23.0 Å². The highest BCUT2D eigenvalue weighted by molar-refractivity contribution is 7.97. The van der Waals surface area contributed by atoms with Gasteiger partial charge in [-0.25, -0.2) is 8.61 Å². The maximum atomic E-state index is 12.6. The predicted molar refractivity (Wildman–Crippen MR) is 116 cm³/mol. The van der Waals surface area contributed by atoms with Crippen molar-refractivity contribution in [2.24, 2.45) is 0 Å². The first-order valence-corrected chi connectivity index (χ1v) is 10.6. The second-order valence-corrected chi connectivity index (χ2v) is 8.82. The van der Waals surface area contributed by atoms with Crippen molar-refractivity contribution in [3.8, 4) is 23.0 Å². The van der Waals surface area contributed by atoms with Crippen molar-refractivity contribution >= 4 is 23.9 Å². The third-order valence-electron chi connectivity index (χ3n) is 3.97. The molecule has 172 valence electrons. The zero-order valence-electron chi connectivity index (χ0n) is 17.9. The molecule has 0 atom stereocenters. The number of likely N-dealkylation sites (N-methyl/N-ethyl adjacent to an activating group) is 2. The molecule has 0 unspecified atom stereocenters. The van der Waals surface area contributed by atoms with Crippen molar-refractivity contribution in [2.75, 3.05) is 48.5 Å². The third kappa shape index (κ3) is 8.24. The fourth-order valence-corrected chi connectivity index (χ4v) is 4.17. The fraction of sp³-hybridized carbons (Fsp3) is 0.400. The second kappa shape index (κ2) is 11.6. The first-order valence-electron chi connectivity index (χ1n) is 9.09. The number of benzene rings is 2. The van der Waals surface area contributed by atoms with Gasteiger partial charge in [0, 0.05) is 22.9 Å². The highest BCUT2D eigenvalue weighted by Crippen LogP contribution is 2.36. The molecule has 0 fully saturated rings. The molecule has 0 N–H and O–H groups in total. The van der Waals surface area contributed by atoms with Crippen molar-refractivity contribution in [3.05, 3.63) is 36.4 Å². The summed E-state index contributed by atoms with van der Waals surface area (Å²) in [6.45, 7) is 1.38. The van der Waals surface area contributed by atoms with E-state index in [4.69, 9.17) is 14.2 Å². The SMILES string of the molecule is COc1ccc(SN(C)CCN(C)Sc2ccc(OC)c(OC(F)(F)F)c2)cc1OC. The van der Waals surface area contributed by atoms with Gasteiger partial charge in [0.1, 0.15) is 0 Å². The Kier molecular flexibility index (Phi) is 9.48. The van der Waals surface area contributed by atoms with E-state index in [0.29, 0.717) is 29.5 Å². The lowest BCUT2D eigenvalue weighted by molar-refractivity contribution is -0.275. The number of methoxy groups -OCH3 is 3. The number of rotatable bonds is 11. The van der Waals surface area contributed by atoms with E-state index < -0.39 is 6.36 Å². The van der Waals surface area contributed by atoms with Crippen LogP contribution >= 0.6 is 23.9 Å². The smallest absolute Gasteiger partial charge is 0.493 e. The van der Waals surface area contributed by atoms with Crippen molar-refractivity contribution in [1.29, 1.82) is 0 Å². The molecule has 0 aliphatic heterocycles. The molecular formula is C20H25F3N2O4S2. The largest absolute Gasteiger partial charge is 0.573 e. The van der Waals surface area contributed by atoms with Crippen molar-refractivity contribution in [1.82, 2.24) is 8.61 Å². The van der Waals surface area contributed by atoms with Gasteiger partial charge in [0.15, 0.2) is 23.0 Å². The van der Waals surface area contributed by atoms with Crippen LogP contribution in [0.4, 0.5) is 13.2 Å². The molecule has 0 amide bonds. The Morgan fingerprint density at radius 2 is 1.13 bits per heavy atom. The Morgan fingerprint density at radius 3 is 1.55 bits per heavy atom. The summed E-state index contributed by atoms with van der Waals surface area (Å²) in [6.07, 6.45) is -4.79. The molecule has 31 heavy (non-hydrogen) atoms. The van der Waals surface area contributed by atoms with E-state index in [9.17, 15) is 13.2 Å². The van der Waals surface area contributed by atoms with Gasteiger partial charge in [0.2, 0.25) is 0 Å². The summed E-state index contributed by atoms with van der Waals surface area (Å²) >= 11 is 2.87. The van der Waals surface area contributed by atoms with Gasteiger partial charge >= 0.3 is 6.36 Å². The highest BCUT2D eigenvalue weighted by atomic mass is 32.2. The van der Waals surface area contributed by atoms with Crippen LogP contribution in [0.1, 0.15) is 0 Å². The van der Waals surface area contributed by atoms with Crippen molar-refractivity contribution < 1.29 is 32.1 Å². The van der Waals surface area contributed by atoms with Gasteiger partial charge < -0.3 is 18.9 Å². The van der Waals surface area contributed by atoms with Crippen LogP contribution in [0.25, 0.3) is 0 Å². The molecule has 2 aromatic carbocycles. The minimum Gasteiger partial charge on any atom is -0.493 e. The van der Waals surface area contributed by atoms with Gasteiger partial charge in [-0.1, -0.05) is 0 Å². The third-order valence-corrected chi connectivity index (χ3v) is 5.89. The zero-order valence-corrected chi connectivity index (χ0v) is 19.5. The summed E-state index contributed by atoms with van der Waals surface area (Å²) in [6, 6.07) is 10.1. The van der Waals surface area contributed by atoms with Gasteiger partial charge in [-0.2, -0.15) is 0 Å². The summed E-state index contributed by atoms with van der Waals surface area (Å²) in [5.74, 6) is 0.980. The molecule has 6 nitrogen and oxygen atoms in total. The molecule has 0 bridgehead atoms. The van der Waals surface area contributed by atoms with Crippen LogP contribution in [0, 0.1) is 0 Å². The Hall–Kier alpha value is -1.95. The fourth-order valence-electron chi connectivity index (χ4n) is 2.52. The number of hydrogen-bond acceptors (Lipinski definition) is 8. The summed E-state index contributed by atoms with van der Waals surface area (Å²) in [5.41, 5.74) is 0. The van der Waals surface area contributed by atoms with Crippen LogP contribution in [-0.2, 0) is 0 Å². The molecule has 0 spiro atoms. The van der Waals surface area contributed by atoms with Crippen LogP contribution < -0.4 is 18.9 Å². The van der Waals surface area contributed by atoms with Crippen LogP contribution in [0.3, 0.4) is 0 Å². The number of halogens is 3. The summed E-state index contributed by atoms with van der Waals surface area (Å²) < 4.78 is 61.4.